The minimum Gasteiger partial charge on any atom is -0.343 e. The molecule has 0 aromatic heterocycles. The summed E-state index contributed by atoms with van der Waals surface area (Å²) in [7, 11) is 0. The summed E-state index contributed by atoms with van der Waals surface area (Å²) < 4.78 is 54.2. The van der Waals surface area contributed by atoms with E-state index in [4.69, 9.17) is 0 Å². The molecule has 1 fully saturated rings. The van der Waals surface area contributed by atoms with Crippen molar-refractivity contribution in [2.75, 3.05) is 13.1 Å². The van der Waals surface area contributed by atoms with E-state index in [2.05, 4.69) is 11.6 Å². The third-order valence-electron chi connectivity index (χ3n) is 5.35. The van der Waals surface area contributed by atoms with Crippen LogP contribution in [0.1, 0.15) is 57.1 Å². The molecule has 3 nitrogen and oxygen atoms in total. The molecule has 7 heteroatoms. The van der Waals surface area contributed by atoms with Crippen LogP contribution in [0.25, 0.3) is 0 Å². The lowest BCUT2D eigenvalue weighted by Gasteiger charge is -2.32. The lowest BCUT2D eigenvalue weighted by molar-refractivity contribution is -0.137. The van der Waals surface area contributed by atoms with Crippen LogP contribution >= 0.6 is 0 Å². The van der Waals surface area contributed by atoms with Gasteiger partial charge >= 0.3 is 6.18 Å². The number of unbranched alkanes of at least 4 members (excludes halogenated alkanes) is 1. The van der Waals surface area contributed by atoms with Crippen molar-refractivity contribution in [2.45, 2.75) is 57.5 Å². The topological polar surface area (TPSA) is 32.7 Å². The Balaban J connectivity index is 2.60. The zero-order valence-electron chi connectivity index (χ0n) is 17.4. The zero-order valence-corrected chi connectivity index (χ0v) is 17.4. The van der Waals surface area contributed by atoms with E-state index in [1.807, 2.05) is 13.0 Å². The van der Waals surface area contributed by atoms with Gasteiger partial charge in [-0.25, -0.2) is 4.39 Å². The maximum Gasteiger partial charge on any atom is 0.416 e. The van der Waals surface area contributed by atoms with Crippen LogP contribution in [0.15, 0.2) is 48.1 Å². The Morgan fingerprint density at radius 1 is 1.20 bits per heavy atom. The molecule has 1 heterocycles. The van der Waals surface area contributed by atoms with Crippen molar-refractivity contribution >= 4 is 11.6 Å². The highest BCUT2D eigenvalue weighted by Gasteiger charge is 2.39. The van der Waals surface area contributed by atoms with E-state index in [0.29, 0.717) is 24.9 Å². The number of nitrogens with zero attached hydrogens (tertiary/aromatic N) is 2. The minimum absolute atomic E-state index is 0.0594. The van der Waals surface area contributed by atoms with Crippen molar-refractivity contribution < 1.29 is 22.4 Å². The van der Waals surface area contributed by atoms with Crippen molar-refractivity contribution in [3.05, 3.63) is 60.1 Å². The molecule has 0 aliphatic carbocycles. The molecule has 1 aliphatic rings. The summed E-state index contributed by atoms with van der Waals surface area (Å²) in [5, 5.41) is 0. The Kier molecular flexibility index (Phi) is 7.98. The fourth-order valence-corrected chi connectivity index (χ4v) is 3.62. The molecule has 0 spiro atoms. The minimum atomic E-state index is -4.70. The maximum atomic E-state index is 14.2. The summed E-state index contributed by atoms with van der Waals surface area (Å²) in [6.45, 7) is 8.46. The van der Waals surface area contributed by atoms with Gasteiger partial charge in [-0.3, -0.25) is 9.79 Å². The number of hydrogen-bond acceptors (Lipinski definition) is 2. The standard InChI is InChI=1S/C23H28F4N2O/c1-4-6-7-10-20(28-5-2)22(3,16-21(30)29-11-8-9-12-29)17-13-18(23(25,26)27)15-19(24)14-17/h5,7,10,13-15H,2,4,6,8-9,11-12,16H2,1,3H3/b10-7-,28-20?/t22-/m1/s1. The number of likely N-dealkylation sites (tertiary alicyclic amines) is 1. The Labute approximate surface area is 175 Å². The van der Waals surface area contributed by atoms with Crippen molar-refractivity contribution in [3.8, 4) is 0 Å². The predicted octanol–water partition coefficient (Wildman–Crippen LogP) is 6.06. The molecule has 1 aromatic rings. The fraction of sp³-hybridized carbons (Fsp3) is 0.478. The monoisotopic (exact) mass is 424 g/mol. The van der Waals surface area contributed by atoms with E-state index in [9.17, 15) is 22.4 Å². The van der Waals surface area contributed by atoms with Gasteiger partial charge in [0.15, 0.2) is 0 Å². The fourth-order valence-electron chi connectivity index (χ4n) is 3.62. The second kappa shape index (κ2) is 10.0. The highest BCUT2D eigenvalue weighted by atomic mass is 19.4. The number of carbonyl (C=O) groups is 1. The number of carbonyl (C=O) groups excluding carboxylic acids is 1. The Morgan fingerprint density at radius 3 is 2.40 bits per heavy atom. The third kappa shape index (κ3) is 5.80. The van der Waals surface area contributed by atoms with Gasteiger partial charge in [0.05, 0.1) is 11.3 Å². The zero-order chi connectivity index (χ0) is 22.4. The van der Waals surface area contributed by atoms with E-state index >= 15 is 0 Å². The van der Waals surface area contributed by atoms with Crippen molar-refractivity contribution in [1.82, 2.24) is 4.90 Å². The van der Waals surface area contributed by atoms with Crippen LogP contribution < -0.4 is 0 Å². The number of amides is 1. The molecule has 1 aromatic carbocycles. The van der Waals surface area contributed by atoms with Crippen LogP contribution in [0.4, 0.5) is 17.6 Å². The number of benzene rings is 1. The lowest BCUT2D eigenvalue weighted by atomic mass is 9.74. The first-order chi connectivity index (χ1) is 14.1. The van der Waals surface area contributed by atoms with Gasteiger partial charge in [-0.15, -0.1) is 0 Å². The largest absolute Gasteiger partial charge is 0.416 e. The van der Waals surface area contributed by atoms with E-state index in [0.717, 1.165) is 37.8 Å². The SMILES string of the molecule is C=CN=C(/C=C\CCC)[C@](C)(CC(=O)N1CCCC1)c1cc(F)cc(C(F)(F)F)c1. The van der Waals surface area contributed by atoms with E-state index in [-0.39, 0.29) is 17.9 Å². The molecule has 1 saturated heterocycles. The Hall–Kier alpha value is -2.44. The maximum absolute atomic E-state index is 14.2. The Bertz CT molecular complexity index is 823. The smallest absolute Gasteiger partial charge is 0.343 e. The number of halogens is 4. The van der Waals surface area contributed by atoms with Gasteiger partial charge < -0.3 is 4.90 Å². The van der Waals surface area contributed by atoms with Crippen molar-refractivity contribution in [2.24, 2.45) is 4.99 Å². The second-order valence-corrected chi connectivity index (χ2v) is 7.71. The first kappa shape index (κ1) is 23.8. The first-order valence-electron chi connectivity index (χ1n) is 10.1. The van der Waals surface area contributed by atoms with Gasteiger partial charge in [-0.05, 0) is 56.0 Å². The molecule has 2 rings (SSSR count). The van der Waals surface area contributed by atoms with E-state index < -0.39 is 23.0 Å². The van der Waals surface area contributed by atoms with Crippen LogP contribution in [0, 0.1) is 5.82 Å². The summed E-state index contributed by atoms with van der Waals surface area (Å²) in [6.07, 6.45) is 3.42. The molecular formula is C23H28F4N2O. The van der Waals surface area contributed by atoms with Crippen LogP contribution in [-0.2, 0) is 16.4 Å². The molecule has 164 valence electrons. The van der Waals surface area contributed by atoms with E-state index in [1.54, 1.807) is 17.9 Å². The molecule has 1 amide bonds. The average molecular weight is 424 g/mol. The van der Waals surface area contributed by atoms with Crippen LogP contribution in [0.3, 0.4) is 0 Å². The summed E-state index contributed by atoms with van der Waals surface area (Å²) in [6, 6.07) is 2.43. The summed E-state index contributed by atoms with van der Waals surface area (Å²) in [5.41, 5.74) is -1.91. The average Bonchev–Trinajstić information content (AvgIpc) is 3.21. The third-order valence-corrected chi connectivity index (χ3v) is 5.35. The molecule has 30 heavy (non-hydrogen) atoms. The summed E-state index contributed by atoms with van der Waals surface area (Å²) in [4.78, 5) is 18.9. The molecule has 0 bridgehead atoms. The van der Waals surface area contributed by atoms with Gasteiger partial charge in [0.1, 0.15) is 5.82 Å². The number of rotatable bonds is 8. The van der Waals surface area contributed by atoms with Crippen LogP contribution in [0.5, 0.6) is 0 Å². The Morgan fingerprint density at radius 2 is 1.83 bits per heavy atom. The predicted molar refractivity (Wildman–Crippen MR) is 111 cm³/mol. The number of allylic oxidation sites excluding steroid dienone is 2. The molecule has 0 saturated carbocycles. The van der Waals surface area contributed by atoms with Crippen LogP contribution in [-0.4, -0.2) is 29.6 Å². The summed E-state index contributed by atoms with van der Waals surface area (Å²) >= 11 is 0. The highest BCUT2D eigenvalue weighted by Crippen LogP contribution is 2.37. The second-order valence-electron chi connectivity index (χ2n) is 7.71. The van der Waals surface area contributed by atoms with Gasteiger partial charge in [0, 0.05) is 31.1 Å². The number of hydrogen-bond donors (Lipinski definition) is 0. The van der Waals surface area contributed by atoms with Gasteiger partial charge in [0.25, 0.3) is 0 Å². The molecule has 1 atom stereocenters. The van der Waals surface area contributed by atoms with E-state index in [1.165, 1.54) is 6.20 Å². The molecule has 0 unspecified atom stereocenters. The van der Waals surface area contributed by atoms with Crippen LogP contribution in [0.2, 0.25) is 0 Å². The quantitative estimate of drug-likeness (QED) is 0.369. The van der Waals surface area contributed by atoms with Crippen molar-refractivity contribution in [1.29, 1.82) is 0 Å². The number of alkyl halides is 3. The van der Waals surface area contributed by atoms with Gasteiger partial charge in [0.2, 0.25) is 5.91 Å². The molecular weight excluding hydrogens is 396 g/mol. The van der Waals surface area contributed by atoms with Gasteiger partial charge in [-0.1, -0.05) is 26.0 Å². The normalized spacial score (nSPS) is 17.4. The molecule has 0 radical (unpaired) electrons. The lowest BCUT2D eigenvalue weighted by Crippen LogP contribution is -2.39. The van der Waals surface area contributed by atoms with Gasteiger partial charge in [-0.2, -0.15) is 13.2 Å². The number of aliphatic imine (C=N–C) groups is 1. The highest BCUT2D eigenvalue weighted by molar-refractivity contribution is 6.06. The summed E-state index contributed by atoms with van der Waals surface area (Å²) in [5.74, 6) is -1.19. The first-order valence-corrected chi connectivity index (χ1v) is 10.1. The molecule has 1 aliphatic heterocycles. The molecule has 0 N–H and O–H groups in total. The van der Waals surface area contributed by atoms with Crippen molar-refractivity contribution in [3.63, 3.8) is 0 Å².